The zero-order valence-electron chi connectivity index (χ0n) is 17.6. The van der Waals surface area contributed by atoms with E-state index in [-0.39, 0.29) is 17.5 Å². The van der Waals surface area contributed by atoms with Crippen LogP contribution in [0.1, 0.15) is 18.5 Å². The predicted molar refractivity (Wildman–Crippen MR) is 114 cm³/mol. The van der Waals surface area contributed by atoms with Gasteiger partial charge in [0.25, 0.3) is 0 Å². The average Bonchev–Trinajstić information content (AvgIpc) is 2.80. The number of sulfone groups is 1. The minimum absolute atomic E-state index is 0.0866. The Hall–Kier alpha value is -2.49. The van der Waals surface area contributed by atoms with E-state index < -0.39 is 26.8 Å². The Balaban J connectivity index is 1.73. The highest BCUT2D eigenvalue weighted by Crippen LogP contribution is 2.24. The summed E-state index contributed by atoms with van der Waals surface area (Å²) in [6.45, 7) is 4.18. The molecule has 0 aromatic heterocycles. The van der Waals surface area contributed by atoms with E-state index in [0.717, 1.165) is 23.4 Å². The van der Waals surface area contributed by atoms with Gasteiger partial charge in [-0.05, 0) is 48.9 Å². The first-order chi connectivity index (χ1) is 14.8. The first kappa shape index (κ1) is 23.2. The van der Waals surface area contributed by atoms with Crippen LogP contribution >= 0.6 is 0 Å². The standard InChI is InChI=1S/C22H27FN2O5S/c1-16(31(27,28)20-9-5-18(23)6-10-20)22(26)24-15-21(25-11-13-30-14-12-25)17-3-7-19(29-2)8-4-17/h3-10,16,21H,11-15H2,1-2H3,(H,24,26). The normalized spacial score (nSPS) is 17.0. The van der Waals surface area contributed by atoms with Crippen molar-refractivity contribution < 1.29 is 27.1 Å². The molecule has 0 radical (unpaired) electrons. The fourth-order valence-electron chi connectivity index (χ4n) is 3.48. The summed E-state index contributed by atoms with van der Waals surface area (Å²) in [5.74, 6) is -0.410. The van der Waals surface area contributed by atoms with Crippen molar-refractivity contribution in [2.75, 3.05) is 40.0 Å². The van der Waals surface area contributed by atoms with E-state index >= 15 is 0 Å². The second-order valence-corrected chi connectivity index (χ2v) is 9.59. The van der Waals surface area contributed by atoms with Gasteiger partial charge < -0.3 is 14.8 Å². The third kappa shape index (κ3) is 5.61. The molecule has 2 aromatic rings. The first-order valence-electron chi connectivity index (χ1n) is 10.1. The molecule has 2 atom stereocenters. The van der Waals surface area contributed by atoms with Crippen LogP contribution in [0.2, 0.25) is 0 Å². The first-order valence-corrected chi connectivity index (χ1v) is 11.6. The van der Waals surface area contributed by atoms with Crippen molar-refractivity contribution >= 4 is 15.7 Å². The van der Waals surface area contributed by atoms with Crippen LogP contribution < -0.4 is 10.1 Å². The fraction of sp³-hybridized carbons (Fsp3) is 0.409. The fourth-order valence-corrected chi connectivity index (χ4v) is 4.77. The van der Waals surface area contributed by atoms with Crippen LogP contribution in [0.15, 0.2) is 53.4 Å². The van der Waals surface area contributed by atoms with Crippen LogP contribution in [0, 0.1) is 5.82 Å². The summed E-state index contributed by atoms with van der Waals surface area (Å²) in [4.78, 5) is 14.8. The van der Waals surface area contributed by atoms with E-state index in [4.69, 9.17) is 9.47 Å². The minimum atomic E-state index is -3.93. The largest absolute Gasteiger partial charge is 0.497 e. The number of amides is 1. The lowest BCUT2D eigenvalue weighted by molar-refractivity contribution is -0.120. The molecule has 9 heteroatoms. The lowest BCUT2D eigenvalue weighted by atomic mass is 10.0. The predicted octanol–water partition coefficient (Wildman–Crippen LogP) is 2.19. The van der Waals surface area contributed by atoms with Gasteiger partial charge in [-0.3, -0.25) is 9.69 Å². The van der Waals surface area contributed by atoms with E-state index in [1.807, 2.05) is 24.3 Å². The molecule has 1 amide bonds. The van der Waals surface area contributed by atoms with Gasteiger partial charge in [0.2, 0.25) is 5.91 Å². The average molecular weight is 451 g/mol. The number of methoxy groups -OCH3 is 1. The number of hydrogen-bond donors (Lipinski definition) is 1. The number of halogens is 1. The maximum Gasteiger partial charge on any atom is 0.238 e. The summed E-state index contributed by atoms with van der Waals surface area (Å²) in [6, 6.07) is 11.9. The molecule has 1 aliphatic rings. The molecule has 1 saturated heterocycles. The number of morpholine rings is 1. The number of nitrogens with one attached hydrogen (secondary N) is 1. The van der Waals surface area contributed by atoms with Crippen LogP contribution in [0.5, 0.6) is 5.75 Å². The van der Waals surface area contributed by atoms with Crippen LogP contribution in [-0.2, 0) is 19.4 Å². The number of carbonyl (C=O) groups is 1. The van der Waals surface area contributed by atoms with Gasteiger partial charge in [-0.2, -0.15) is 0 Å². The number of rotatable bonds is 8. The summed E-state index contributed by atoms with van der Waals surface area (Å²) in [7, 11) is -2.34. The van der Waals surface area contributed by atoms with Gasteiger partial charge in [0.15, 0.2) is 9.84 Å². The molecule has 7 nitrogen and oxygen atoms in total. The minimum Gasteiger partial charge on any atom is -0.497 e. The van der Waals surface area contributed by atoms with Crippen LogP contribution in [-0.4, -0.2) is 64.4 Å². The zero-order valence-corrected chi connectivity index (χ0v) is 18.4. The molecule has 0 aliphatic carbocycles. The zero-order chi connectivity index (χ0) is 22.4. The van der Waals surface area contributed by atoms with Gasteiger partial charge in [-0.15, -0.1) is 0 Å². The van der Waals surface area contributed by atoms with Crippen LogP contribution in [0.4, 0.5) is 4.39 Å². The van der Waals surface area contributed by atoms with E-state index in [0.29, 0.717) is 26.3 Å². The number of hydrogen-bond acceptors (Lipinski definition) is 6. The van der Waals surface area contributed by atoms with Crippen LogP contribution in [0.3, 0.4) is 0 Å². The third-order valence-electron chi connectivity index (χ3n) is 5.43. The van der Waals surface area contributed by atoms with Gasteiger partial charge in [0.05, 0.1) is 31.3 Å². The van der Waals surface area contributed by atoms with Crippen molar-refractivity contribution in [3.05, 3.63) is 59.9 Å². The molecule has 31 heavy (non-hydrogen) atoms. The van der Waals surface area contributed by atoms with E-state index in [9.17, 15) is 17.6 Å². The molecule has 0 saturated carbocycles. The molecule has 1 aliphatic heterocycles. The highest BCUT2D eigenvalue weighted by molar-refractivity contribution is 7.92. The van der Waals surface area contributed by atoms with Crippen molar-refractivity contribution in [2.24, 2.45) is 0 Å². The second-order valence-electron chi connectivity index (χ2n) is 7.32. The van der Waals surface area contributed by atoms with Gasteiger partial charge in [0, 0.05) is 19.6 Å². The molecule has 1 N–H and O–H groups in total. The third-order valence-corrected chi connectivity index (χ3v) is 7.51. The Morgan fingerprint density at radius 1 is 1.13 bits per heavy atom. The molecule has 0 bridgehead atoms. The van der Waals surface area contributed by atoms with Gasteiger partial charge in [-0.25, -0.2) is 12.8 Å². The molecule has 1 fully saturated rings. The van der Waals surface area contributed by atoms with Gasteiger partial charge in [-0.1, -0.05) is 12.1 Å². The SMILES string of the molecule is COc1ccc(C(CNC(=O)C(C)S(=O)(=O)c2ccc(F)cc2)N2CCOCC2)cc1. The summed E-state index contributed by atoms with van der Waals surface area (Å²) in [5, 5.41) is 1.48. The van der Waals surface area contributed by atoms with E-state index in [1.54, 1.807) is 7.11 Å². The molecule has 0 spiro atoms. The molecule has 1 heterocycles. The Labute approximate surface area is 182 Å². The second kappa shape index (κ2) is 10.2. The maximum atomic E-state index is 13.1. The smallest absolute Gasteiger partial charge is 0.238 e. The molecule has 168 valence electrons. The Morgan fingerprint density at radius 2 is 1.74 bits per heavy atom. The number of nitrogens with zero attached hydrogens (tertiary/aromatic N) is 1. The van der Waals surface area contributed by atoms with Crippen molar-refractivity contribution in [3.63, 3.8) is 0 Å². The lowest BCUT2D eigenvalue weighted by Crippen LogP contribution is -2.46. The Morgan fingerprint density at radius 3 is 2.32 bits per heavy atom. The number of benzene rings is 2. The van der Waals surface area contributed by atoms with Crippen molar-refractivity contribution in [1.29, 1.82) is 0 Å². The monoisotopic (exact) mass is 450 g/mol. The van der Waals surface area contributed by atoms with Crippen molar-refractivity contribution in [2.45, 2.75) is 23.1 Å². The van der Waals surface area contributed by atoms with Crippen LogP contribution in [0.25, 0.3) is 0 Å². The quantitative estimate of drug-likeness (QED) is 0.621. The summed E-state index contributed by atoms with van der Waals surface area (Å²) >= 11 is 0. The molecular formula is C22H27FN2O5S. The molecular weight excluding hydrogens is 423 g/mol. The summed E-state index contributed by atoms with van der Waals surface area (Å²) in [6.07, 6.45) is 0. The van der Waals surface area contributed by atoms with Gasteiger partial charge in [0.1, 0.15) is 16.8 Å². The maximum absolute atomic E-state index is 13.1. The molecule has 3 rings (SSSR count). The topological polar surface area (TPSA) is 84.9 Å². The Bertz CT molecular complexity index is 974. The number of carbonyl (C=O) groups excluding carboxylic acids is 1. The van der Waals surface area contributed by atoms with Crippen molar-refractivity contribution in [1.82, 2.24) is 10.2 Å². The van der Waals surface area contributed by atoms with E-state index in [2.05, 4.69) is 10.2 Å². The van der Waals surface area contributed by atoms with E-state index in [1.165, 1.54) is 19.1 Å². The molecule has 2 aromatic carbocycles. The van der Waals surface area contributed by atoms with Gasteiger partial charge >= 0.3 is 0 Å². The molecule has 2 unspecified atom stereocenters. The highest BCUT2D eigenvalue weighted by atomic mass is 32.2. The lowest BCUT2D eigenvalue weighted by Gasteiger charge is -2.35. The van der Waals surface area contributed by atoms with Crippen molar-refractivity contribution in [3.8, 4) is 5.75 Å². The number of ether oxygens (including phenoxy) is 2. The summed E-state index contributed by atoms with van der Waals surface area (Å²) in [5.41, 5.74) is 0.983. The summed E-state index contributed by atoms with van der Waals surface area (Å²) < 4.78 is 49.3. The Kier molecular flexibility index (Phi) is 7.64. The highest BCUT2D eigenvalue weighted by Gasteiger charge is 2.31.